The van der Waals surface area contributed by atoms with Gasteiger partial charge in [-0.25, -0.2) is 18.2 Å². The molecule has 0 aliphatic carbocycles. The molecule has 1 atom stereocenters. The number of aliphatic carboxylic acids is 1. The number of halogens is 3. The Labute approximate surface area is 187 Å². The van der Waals surface area contributed by atoms with Crippen LogP contribution in [0, 0.1) is 34.2 Å². The van der Waals surface area contributed by atoms with Gasteiger partial charge in [0.1, 0.15) is 17.7 Å². The molecule has 0 amide bonds. The number of carboxylic acids is 1. The number of hydrogen-bond donors (Lipinski definition) is 3. The van der Waals surface area contributed by atoms with Gasteiger partial charge < -0.3 is 20.1 Å². The van der Waals surface area contributed by atoms with Crippen LogP contribution in [-0.4, -0.2) is 40.3 Å². The Morgan fingerprint density at radius 1 is 1.30 bits per heavy atom. The smallest absolute Gasteiger partial charge is 0.305 e. The zero-order valence-corrected chi connectivity index (χ0v) is 17.7. The number of H-pyrrole nitrogens is 1. The van der Waals surface area contributed by atoms with Crippen LogP contribution in [0.5, 0.6) is 0 Å². The SMILES string of the molecule is CC1(C(CC(=O)O)Nc2nc(-c3c[nH]c4c(F)cc(F)cc34)c(C#N)cc2F)CCOCC1. The monoisotopic (exact) mass is 458 g/mol. The second-order valence-corrected chi connectivity index (χ2v) is 8.40. The van der Waals surface area contributed by atoms with Gasteiger partial charge in [-0.2, -0.15) is 5.26 Å². The lowest BCUT2D eigenvalue weighted by atomic mass is 9.74. The summed E-state index contributed by atoms with van der Waals surface area (Å²) in [4.78, 5) is 18.5. The zero-order valence-electron chi connectivity index (χ0n) is 17.7. The van der Waals surface area contributed by atoms with Gasteiger partial charge in [-0.3, -0.25) is 4.79 Å². The molecule has 0 saturated carbocycles. The lowest BCUT2D eigenvalue weighted by Gasteiger charge is -2.40. The fourth-order valence-electron chi connectivity index (χ4n) is 4.23. The van der Waals surface area contributed by atoms with Gasteiger partial charge in [-0.05, 0) is 30.4 Å². The average Bonchev–Trinajstić information content (AvgIpc) is 3.18. The van der Waals surface area contributed by atoms with Crippen molar-refractivity contribution in [2.75, 3.05) is 18.5 Å². The van der Waals surface area contributed by atoms with Gasteiger partial charge in [0.05, 0.1) is 23.2 Å². The Bertz CT molecular complexity index is 1260. The largest absolute Gasteiger partial charge is 0.481 e. The number of pyridine rings is 1. The van der Waals surface area contributed by atoms with Crippen molar-refractivity contribution in [1.82, 2.24) is 9.97 Å². The highest BCUT2D eigenvalue weighted by molar-refractivity contribution is 5.96. The Hall–Kier alpha value is -3.58. The van der Waals surface area contributed by atoms with Gasteiger partial charge in [-0.1, -0.05) is 6.92 Å². The Kier molecular flexibility index (Phi) is 5.99. The first-order chi connectivity index (χ1) is 15.7. The summed E-state index contributed by atoms with van der Waals surface area (Å²) in [6, 6.07) is 3.99. The molecular weight excluding hydrogens is 437 g/mol. The van der Waals surface area contributed by atoms with E-state index in [1.165, 1.54) is 6.20 Å². The first kappa shape index (κ1) is 22.6. The minimum atomic E-state index is -1.06. The maximum atomic E-state index is 14.9. The molecule has 172 valence electrons. The number of nitrogens with one attached hydrogen (secondary N) is 2. The van der Waals surface area contributed by atoms with Crippen molar-refractivity contribution in [1.29, 1.82) is 5.26 Å². The molecule has 10 heteroatoms. The molecule has 0 spiro atoms. The number of fused-ring (bicyclic) bond motifs is 1. The maximum absolute atomic E-state index is 14.9. The molecule has 0 bridgehead atoms. The van der Waals surface area contributed by atoms with Crippen LogP contribution in [0.4, 0.5) is 19.0 Å². The van der Waals surface area contributed by atoms with Gasteiger partial charge >= 0.3 is 5.97 Å². The third-order valence-electron chi connectivity index (χ3n) is 6.22. The van der Waals surface area contributed by atoms with E-state index >= 15 is 0 Å². The Balaban J connectivity index is 1.80. The first-order valence-corrected chi connectivity index (χ1v) is 10.3. The number of nitriles is 1. The van der Waals surface area contributed by atoms with Gasteiger partial charge in [0.25, 0.3) is 0 Å². The van der Waals surface area contributed by atoms with E-state index in [1.54, 1.807) is 0 Å². The molecule has 3 aromatic rings. The van der Waals surface area contributed by atoms with E-state index in [4.69, 9.17) is 4.74 Å². The minimum absolute atomic E-state index is 0.0175. The molecule has 33 heavy (non-hydrogen) atoms. The molecule has 1 saturated heterocycles. The average molecular weight is 458 g/mol. The number of carbonyl (C=O) groups is 1. The summed E-state index contributed by atoms with van der Waals surface area (Å²) in [7, 11) is 0. The summed E-state index contributed by atoms with van der Waals surface area (Å²) < 4.78 is 48.3. The van der Waals surface area contributed by atoms with E-state index in [9.17, 15) is 28.3 Å². The molecule has 3 heterocycles. The predicted molar refractivity (Wildman–Crippen MR) is 114 cm³/mol. The summed E-state index contributed by atoms with van der Waals surface area (Å²) in [6.45, 7) is 2.81. The van der Waals surface area contributed by atoms with Crippen molar-refractivity contribution < 1.29 is 27.8 Å². The Morgan fingerprint density at radius 3 is 2.70 bits per heavy atom. The van der Waals surface area contributed by atoms with Gasteiger partial charge in [-0.15, -0.1) is 0 Å². The van der Waals surface area contributed by atoms with Crippen LogP contribution in [-0.2, 0) is 9.53 Å². The fraction of sp³-hybridized carbons (Fsp3) is 0.348. The summed E-state index contributed by atoms with van der Waals surface area (Å²) in [5, 5.41) is 22.0. The molecule has 3 N–H and O–H groups in total. The summed E-state index contributed by atoms with van der Waals surface area (Å²) in [5.74, 6) is -3.76. The fourth-order valence-corrected chi connectivity index (χ4v) is 4.23. The highest BCUT2D eigenvalue weighted by Crippen LogP contribution is 2.38. The molecule has 1 aliphatic rings. The van der Waals surface area contributed by atoms with Crippen molar-refractivity contribution in [3.05, 3.63) is 47.4 Å². The second-order valence-electron chi connectivity index (χ2n) is 8.40. The predicted octanol–water partition coefficient (Wildman–Crippen LogP) is 4.59. The van der Waals surface area contributed by atoms with Gasteiger partial charge in [0.15, 0.2) is 11.6 Å². The van der Waals surface area contributed by atoms with Crippen LogP contribution in [0.3, 0.4) is 0 Å². The lowest BCUT2D eigenvalue weighted by molar-refractivity contribution is -0.138. The topological polar surface area (TPSA) is 111 Å². The number of ether oxygens (including phenoxy) is 1. The molecule has 1 aromatic carbocycles. The van der Waals surface area contributed by atoms with Crippen LogP contribution in [0.15, 0.2) is 24.4 Å². The molecule has 7 nitrogen and oxygen atoms in total. The molecule has 1 unspecified atom stereocenters. The number of rotatable bonds is 6. The van der Waals surface area contributed by atoms with Gasteiger partial charge in [0.2, 0.25) is 0 Å². The molecule has 1 aliphatic heterocycles. The number of nitrogens with zero attached hydrogens (tertiary/aromatic N) is 2. The number of hydrogen-bond acceptors (Lipinski definition) is 5. The van der Waals surface area contributed by atoms with E-state index in [0.717, 1.165) is 18.2 Å². The second kappa shape index (κ2) is 8.75. The van der Waals surface area contributed by atoms with E-state index in [1.807, 2.05) is 13.0 Å². The number of carboxylic acid groups (broad SMARTS) is 1. The third kappa shape index (κ3) is 4.36. The Morgan fingerprint density at radius 2 is 2.03 bits per heavy atom. The van der Waals surface area contributed by atoms with E-state index in [0.29, 0.717) is 26.1 Å². The van der Waals surface area contributed by atoms with Gasteiger partial charge in [0, 0.05) is 42.5 Å². The quantitative estimate of drug-likeness (QED) is 0.498. The van der Waals surface area contributed by atoms with Crippen molar-refractivity contribution in [3.8, 4) is 17.3 Å². The van der Waals surface area contributed by atoms with Crippen LogP contribution in [0.2, 0.25) is 0 Å². The maximum Gasteiger partial charge on any atom is 0.305 e. The van der Waals surface area contributed by atoms with Crippen molar-refractivity contribution in [2.45, 2.75) is 32.2 Å². The molecular formula is C23H21F3N4O3. The molecule has 2 aromatic heterocycles. The standard InChI is InChI=1S/C23H21F3N4O3/c1-23(2-4-33-5-3-23)18(9-19(31)32)29-22-17(26)6-12(10-27)20(30-22)15-11-28-21-14(15)7-13(24)8-16(21)25/h6-8,11,18,28H,2-5,9H2,1H3,(H,29,30)(H,31,32). The molecule has 1 fully saturated rings. The molecule has 0 radical (unpaired) electrons. The van der Waals surface area contributed by atoms with E-state index < -0.39 is 34.9 Å². The van der Waals surface area contributed by atoms with Crippen LogP contribution in [0.1, 0.15) is 31.7 Å². The van der Waals surface area contributed by atoms with Crippen LogP contribution < -0.4 is 5.32 Å². The highest BCUT2D eigenvalue weighted by Gasteiger charge is 2.38. The van der Waals surface area contributed by atoms with Crippen molar-refractivity contribution in [3.63, 3.8) is 0 Å². The lowest BCUT2D eigenvalue weighted by Crippen LogP contribution is -2.44. The third-order valence-corrected chi connectivity index (χ3v) is 6.22. The van der Waals surface area contributed by atoms with Crippen LogP contribution >= 0.6 is 0 Å². The minimum Gasteiger partial charge on any atom is -0.481 e. The van der Waals surface area contributed by atoms with E-state index in [-0.39, 0.29) is 40.0 Å². The molecule has 4 rings (SSSR count). The number of aromatic amines is 1. The summed E-state index contributed by atoms with van der Waals surface area (Å²) in [5.41, 5.74) is -0.365. The van der Waals surface area contributed by atoms with Crippen LogP contribution in [0.25, 0.3) is 22.2 Å². The number of benzene rings is 1. The summed E-state index contributed by atoms with van der Waals surface area (Å²) in [6.07, 6.45) is 2.23. The van der Waals surface area contributed by atoms with Crippen molar-refractivity contribution in [2.24, 2.45) is 5.41 Å². The zero-order chi connectivity index (χ0) is 23.8. The number of aromatic nitrogens is 2. The number of anilines is 1. The van der Waals surface area contributed by atoms with E-state index in [2.05, 4.69) is 15.3 Å². The first-order valence-electron chi connectivity index (χ1n) is 10.3. The summed E-state index contributed by atoms with van der Waals surface area (Å²) >= 11 is 0. The highest BCUT2D eigenvalue weighted by atomic mass is 19.1. The normalized spacial score (nSPS) is 16.3. The van der Waals surface area contributed by atoms with Crippen molar-refractivity contribution >= 4 is 22.7 Å².